The van der Waals surface area contributed by atoms with Gasteiger partial charge in [-0.25, -0.2) is 8.78 Å². The Balaban J connectivity index is 2.59. The average Bonchev–Trinajstić information content (AvgIpc) is 2.27. The topological polar surface area (TPSA) is 26.0 Å². The highest BCUT2D eigenvalue weighted by Gasteiger charge is 2.32. The van der Waals surface area contributed by atoms with E-state index in [0.29, 0.717) is 17.9 Å². The zero-order chi connectivity index (χ0) is 12.2. The van der Waals surface area contributed by atoms with Crippen molar-refractivity contribution in [1.29, 1.82) is 0 Å². The third-order valence-corrected chi connectivity index (χ3v) is 3.14. The van der Waals surface area contributed by atoms with Gasteiger partial charge < -0.3 is 5.73 Å². The zero-order valence-corrected chi connectivity index (χ0v) is 9.98. The largest absolute Gasteiger partial charge is 0.330 e. The van der Waals surface area contributed by atoms with Crippen LogP contribution in [0.5, 0.6) is 0 Å². The van der Waals surface area contributed by atoms with E-state index in [0.717, 1.165) is 5.56 Å². The van der Waals surface area contributed by atoms with E-state index in [4.69, 9.17) is 17.3 Å². The molecular weight excluding hydrogens is 232 g/mol. The molecule has 0 aliphatic carbocycles. The Morgan fingerprint density at radius 3 is 2.31 bits per heavy atom. The molecule has 0 saturated heterocycles. The van der Waals surface area contributed by atoms with Crippen LogP contribution in [0.3, 0.4) is 0 Å². The summed E-state index contributed by atoms with van der Waals surface area (Å²) in [7, 11) is 0. The maximum absolute atomic E-state index is 12.7. The summed E-state index contributed by atoms with van der Waals surface area (Å²) in [6.07, 6.45) is -1.41. The van der Waals surface area contributed by atoms with Crippen molar-refractivity contribution in [3.8, 4) is 0 Å². The fourth-order valence-electron chi connectivity index (χ4n) is 1.38. The maximum atomic E-state index is 12.7. The van der Waals surface area contributed by atoms with Gasteiger partial charge in [-0.1, -0.05) is 30.7 Å². The van der Waals surface area contributed by atoms with Crippen LogP contribution in [0, 0.1) is 5.41 Å². The molecule has 90 valence electrons. The highest BCUT2D eigenvalue weighted by atomic mass is 35.5. The van der Waals surface area contributed by atoms with Crippen LogP contribution in [-0.4, -0.2) is 13.0 Å². The van der Waals surface area contributed by atoms with Gasteiger partial charge in [0, 0.05) is 17.0 Å². The van der Waals surface area contributed by atoms with Gasteiger partial charge in [0.1, 0.15) is 0 Å². The van der Waals surface area contributed by atoms with E-state index in [1.807, 2.05) is 12.1 Å². The Bertz CT molecular complexity index is 326. The van der Waals surface area contributed by atoms with Crippen molar-refractivity contribution in [2.75, 3.05) is 6.54 Å². The number of halogens is 3. The first-order valence-electron chi connectivity index (χ1n) is 5.20. The van der Waals surface area contributed by atoms with Crippen LogP contribution in [0.25, 0.3) is 0 Å². The normalized spacial score (nSPS) is 15.1. The minimum atomic E-state index is -2.38. The first kappa shape index (κ1) is 13.4. The molecule has 1 atom stereocenters. The van der Waals surface area contributed by atoms with E-state index >= 15 is 0 Å². The van der Waals surface area contributed by atoms with Crippen LogP contribution in [0.15, 0.2) is 24.3 Å². The lowest BCUT2D eigenvalue weighted by molar-refractivity contribution is 0.00755. The third kappa shape index (κ3) is 3.42. The molecule has 0 heterocycles. The molecule has 2 N–H and O–H groups in total. The molecule has 0 bridgehead atoms. The Kier molecular flexibility index (Phi) is 4.69. The van der Waals surface area contributed by atoms with Crippen molar-refractivity contribution in [3.05, 3.63) is 34.9 Å². The Labute approximate surface area is 99.6 Å². The van der Waals surface area contributed by atoms with Gasteiger partial charge in [-0.3, -0.25) is 0 Å². The summed E-state index contributed by atoms with van der Waals surface area (Å²) in [6, 6.07) is 7.23. The number of nitrogens with two attached hydrogens (primary N) is 1. The van der Waals surface area contributed by atoms with Gasteiger partial charge in [-0.15, -0.1) is 0 Å². The smallest absolute Gasteiger partial charge is 0.245 e. The summed E-state index contributed by atoms with van der Waals surface area (Å²) in [4.78, 5) is 0. The first-order valence-corrected chi connectivity index (χ1v) is 5.58. The van der Waals surface area contributed by atoms with Gasteiger partial charge in [0.15, 0.2) is 0 Å². The standard InChI is InChI=1S/C12H16ClF2N/c1-12(8-16,11(14)15)7-6-9-2-4-10(13)5-3-9/h2-5,11H,6-8,16H2,1H3. The lowest BCUT2D eigenvalue weighted by atomic mass is 9.84. The average molecular weight is 248 g/mol. The molecule has 4 heteroatoms. The quantitative estimate of drug-likeness (QED) is 0.847. The molecule has 1 rings (SSSR count). The van der Waals surface area contributed by atoms with E-state index in [1.165, 1.54) is 6.92 Å². The van der Waals surface area contributed by atoms with Crippen molar-refractivity contribution in [1.82, 2.24) is 0 Å². The van der Waals surface area contributed by atoms with E-state index in [2.05, 4.69) is 0 Å². The second-order valence-corrected chi connectivity index (χ2v) is 4.72. The molecule has 0 aliphatic heterocycles. The monoisotopic (exact) mass is 247 g/mol. The lowest BCUT2D eigenvalue weighted by Gasteiger charge is -2.26. The molecule has 0 fully saturated rings. The predicted molar refractivity (Wildman–Crippen MR) is 62.9 cm³/mol. The third-order valence-electron chi connectivity index (χ3n) is 2.89. The SMILES string of the molecule is CC(CN)(CCc1ccc(Cl)cc1)C(F)F. The summed E-state index contributed by atoms with van der Waals surface area (Å²) >= 11 is 5.74. The highest BCUT2D eigenvalue weighted by Crippen LogP contribution is 2.30. The summed E-state index contributed by atoms with van der Waals surface area (Å²) in [6.45, 7) is 1.52. The summed E-state index contributed by atoms with van der Waals surface area (Å²) in [5.41, 5.74) is 5.30. The highest BCUT2D eigenvalue weighted by molar-refractivity contribution is 6.30. The minimum absolute atomic E-state index is 0.00173. The molecule has 16 heavy (non-hydrogen) atoms. The minimum Gasteiger partial charge on any atom is -0.330 e. The van der Waals surface area contributed by atoms with Gasteiger partial charge in [0.25, 0.3) is 0 Å². The number of alkyl halides is 2. The van der Waals surface area contributed by atoms with Crippen LogP contribution >= 0.6 is 11.6 Å². The van der Waals surface area contributed by atoms with Crippen LogP contribution < -0.4 is 5.73 Å². The van der Waals surface area contributed by atoms with E-state index < -0.39 is 11.8 Å². The van der Waals surface area contributed by atoms with Gasteiger partial charge >= 0.3 is 0 Å². The van der Waals surface area contributed by atoms with Crippen molar-refractivity contribution < 1.29 is 8.78 Å². The Hall–Kier alpha value is -0.670. The fourth-order valence-corrected chi connectivity index (χ4v) is 1.51. The molecule has 1 unspecified atom stereocenters. The molecule has 0 aliphatic rings. The molecule has 0 aromatic heterocycles. The zero-order valence-electron chi connectivity index (χ0n) is 9.22. The van der Waals surface area contributed by atoms with Crippen LogP contribution in [0.4, 0.5) is 8.78 Å². The van der Waals surface area contributed by atoms with Gasteiger partial charge in [-0.2, -0.15) is 0 Å². The van der Waals surface area contributed by atoms with E-state index in [-0.39, 0.29) is 6.54 Å². The number of aryl methyl sites for hydroxylation is 1. The predicted octanol–water partition coefficient (Wildman–Crippen LogP) is 3.50. The fraction of sp³-hybridized carbons (Fsp3) is 0.500. The first-order chi connectivity index (χ1) is 7.48. The van der Waals surface area contributed by atoms with Crippen LogP contribution in [0.1, 0.15) is 18.9 Å². The van der Waals surface area contributed by atoms with Crippen molar-refractivity contribution >= 4 is 11.6 Å². The number of rotatable bonds is 5. The van der Waals surface area contributed by atoms with Crippen LogP contribution in [0.2, 0.25) is 5.02 Å². The molecular formula is C12H16ClF2N. The molecule has 1 nitrogen and oxygen atoms in total. The maximum Gasteiger partial charge on any atom is 0.245 e. The van der Waals surface area contributed by atoms with Crippen molar-refractivity contribution in [2.24, 2.45) is 11.1 Å². The second kappa shape index (κ2) is 5.60. The number of hydrogen-bond donors (Lipinski definition) is 1. The molecule has 0 amide bonds. The van der Waals surface area contributed by atoms with Gasteiger partial charge in [0.05, 0.1) is 0 Å². The van der Waals surface area contributed by atoms with E-state index in [9.17, 15) is 8.78 Å². The molecule has 1 aromatic carbocycles. The number of benzene rings is 1. The molecule has 0 spiro atoms. The lowest BCUT2D eigenvalue weighted by Crippen LogP contribution is -2.35. The number of hydrogen-bond acceptors (Lipinski definition) is 1. The van der Waals surface area contributed by atoms with Gasteiger partial charge in [-0.05, 0) is 30.5 Å². The van der Waals surface area contributed by atoms with Gasteiger partial charge in [0.2, 0.25) is 6.43 Å². The second-order valence-electron chi connectivity index (χ2n) is 4.29. The molecule has 0 saturated carbocycles. The summed E-state index contributed by atoms with van der Waals surface area (Å²) < 4.78 is 25.5. The summed E-state index contributed by atoms with van der Waals surface area (Å²) in [5, 5.41) is 0.652. The Morgan fingerprint density at radius 2 is 1.88 bits per heavy atom. The van der Waals surface area contributed by atoms with Crippen molar-refractivity contribution in [3.63, 3.8) is 0 Å². The summed E-state index contributed by atoms with van der Waals surface area (Å²) in [5.74, 6) is 0. The van der Waals surface area contributed by atoms with E-state index in [1.54, 1.807) is 12.1 Å². The van der Waals surface area contributed by atoms with Crippen LogP contribution in [-0.2, 0) is 6.42 Å². The van der Waals surface area contributed by atoms with Crippen molar-refractivity contribution in [2.45, 2.75) is 26.2 Å². The Morgan fingerprint density at radius 1 is 1.31 bits per heavy atom. The molecule has 1 aromatic rings. The molecule has 0 radical (unpaired) electrons.